The Hall–Kier alpha value is -6.94. The van der Waals surface area contributed by atoms with E-state index in [4.69, 9.17) is 19.2 Å². The number of rotatable bonds is 13. The predicted octanol–water partition coefficient (Wildman–Crippen LogP) is 8.77. The molecular weight excluding hydrogens is 991 g/mol. The minimum Gasteiger partial charge on any atom is -0.458 e. The van der Waals surface area contributed by atoms with E-state index in [2.05, 4.69) is 43.1 Å². The molecule has 3 aliphatic heterocycles. The summed E-state index contributed by atoms with van der Waals surface area (Å²) in [6, 6.07) is 15.8. The number of ketones is 2. The van der Waals surface area contributed by atoms with Crippen LogP contribution in [0, 0.1) is 17.3 Å². The number of Topliss-reactive ketones (excluding diaryl/α,β-unsaturated/α-hetero) is 1. The normalized spacial score (nSPS) is 26.0. The Bertz CT molecular complexity index is 3310. The number of pyridine rings is 2. The van der Waals surface area contributed by atoms with Gasteiger partial charge in [0.05, 0.1) is 29.0 Å². The molecular formula is C62H71N5O11. The maximum Gasteiger partial charge on any atom is 0.415 e. The molecule has 410 valence electrons. The van der Waals surface area contributed by atoms with Gasteiger partial charge in [0.1, 0.15) is 12.4 Å². The first-order valence-electron chi connectivity index (χ1n) is 28.2. The monoisotopic (exact) mass is 1060 g/mol. The molecule has 2 saturated carbocycles. The van der Waals surface area contributed by atoms with Gasteiger partial charge in [0.2, 0.25) is 5.91 Å². The number of carbonyl (C=O) groups excluding carboxylic acids is 6. The molecule has 3 fully saturated rings. The molecule has 16 nitrogen and oxygen atoms in total. The van der Waals surface area contributed by atoms with E-state index >= 15 is 0 Å². The van der Waals surface area contributed by atoms with Crippen LogP contribution in [0.25, 0.3) is 22.3 Å². The lowest BCUT2D eigenvalue weighted by atomic mass is 9.50. The summed E-state index contributed by atoms with van der Waals surface area (Å²) >= 11 is 0. The molecule has 2 aromatic carbocycles. The largest absolute Gasteiger partial charge is 0.458 e. The Morgan fingerprint density at radius 1 is 0.897 bits per heavy atom. The zero-order valence-corrected chi connectivity index (χ0v) is 45.8. The molecule has 16 heteroatoms. The highest BCUT2D eigenvalue weighted by Crippen LogP contribution is 2.68. The van der Waals surface area contributed by atoms with Gasteiger partial charge in [0.15, 0.2) is 22.8 Å². The lowest BCUT2D eigenvalue weighted by molar-refractivity contribution is -0.182. The van der Waals surface area contributed by atoms with Gasteiger partial charge in [-0.05, 0) is 148 Å². The van der Waals surface area contributed by atoms with E-state index < -0.39 is 34.6 Å². The van der Waals surface area contributed by atoms with Crippen LogP contribution in [0.15, 0.2) is 76.1 Å². The number of carbonyl (C=O) groups is 6. The van der Waals surface area contributed by atoms with Crippen LogP contribution in [0.1, 0.15) is 145 Å². The highest BCUT2D eigenvalue weighted by molar-refractivity contribution is 5.94. The standard InChI is InChI=1S/C62H71N5O11/c1-7-43-46-31-42(19-22-52(46)63-56-48(43)34-67-53(56)32-51-49(57(67)72)35-76-58(73)61(51,75)8-2)77-59(74)66-28-26-65(27-29-66)54(71)12-10-9-11-25-64(6)40-16-13-38(14-17-40)47-33-60(5)50(23-24-62(60,36(3)68)78-37(4)69)45-20-15-39-30-41(70)18-21-44(39)55(45)47/h13-14,16-17,19,22,30-32,45,47,50,75H,7-12,15,18,20-21,23-29,33-35H2,1-6H3/t45?,47?,50-,60?,61-,62?/m0/s1. The van der Waals surface area contributed by atoms with Crippen LogP contribution in [0.4, 0.5) is 10.5 Å². The molecule has 4 aliphatic carbocycles. The smallest absolute Gasteiger partial charge is 0.415 e. The van der Waals surface area contributed by atoms with Gasteiger partial charge in [-0.25, -0.2) is 14.6 Å². The van der Waals surface area contributed by atoms with Crippen LogP contribution in [-0.2, 0) is 58.6 Å². The molecule has 78 heavy (non-hydrogen) atoms. The van der Waals surface area contributed by atoms with Crippen LogP contribution < -0.4 is 15.2 Å². The maximum atomic E-state index is 13.8. The molecule has 6 atom stereocenters. The number of benzene rings is 2. The van der Waals surface area contributed by atoms with E-state index in [9.17, 15) is 38.7 Å². The molecule has 0 spiro atoms. The molecule has 7 aliphatic rings. The van der Waals surface area contributed by atoms with Crippen LogP contribution in [0.5, 0.6) is 5.75 Å². The van der Waals surface area contributed by atoms with E-state index in [-0.39, 0.29) is 71.5 Å². The summed E-state index contributed by atoms with van der Waals surface area (Å²) < 4.78 is 18.9. The van der Waals surface area contributed by atoms with Crippen molar-refractivity contribution in [2.75, 3.05) is 44.7 Å². The number of aromatic nitrogens is 2. The minimum absolute atomic E-state index is 0.0258. The van der Waals surface area contributed by atoms with Crippen LogP contribution in [0.3, 0.4) is 0 Å². The molecule has 1 N–H and O–H groups in total. The summed E-state index contributed by atoms with van der Waals surface area (Å²) in [7, 11) is 2.09. The number of hydrogen-bond donors (Lipinski definition) is 1. The molecule has 0 bridgehead atoms. The SMILES string of the molecule is CCc1c2c(nc3ccc(OC(=O)N4CCN(C(=O)CCCCCN(C)c5ccc(C6CC7(C)[C@@H](CCC7(OC(C)=O)C(C)=O)C7CCC8=CC(=O)CCC8=C67)cc5)CC4)cc13)-c1cc3c(c(=O)n1C2)COC(=O)[C@]3(O)CC. The summed E-state index contributed by atoms with van der Waals surface area (Å²) in [6.07, 6.45) is 10.1. The van der Waals surface area contributed by atoms with Gasteiger partial charge in [0, 0.05) is 93.1 Å². The number of piperazine rings is 1. The second-order valence-corrected chi connectivity index (χ2v) is 23.1. The summed E-state index contributed by atoms with van der Waals surface area (Å²) in [5, 5.41) is 12.1. The van der Waals surface area contributed by atoms with Gasteiger partial charge in [-0.2, -0.15) is 0 Å². The average molecular weight is 1060 g/mol. The number of ether oxygens (including phenoxy) is 3. The van der Waals surface area contributed by atoms with Gasteiger partial charge in [-0.3, -0.25) is 24.0 Å². The van der Waals surface area contributed by atoms with Crippen molar-refractivity contribution in [2.24, 2.45) is 17.3 Å². The lowest BCUT2D eigenvalue weighted by Crippen LogP contribution is -2.57. The Morgan fingerprint density at radius 3 is 2.37 bits per heavy atom. The summed E-state index contributed by atoms with van der Waals surface area (Å²) in [6.45, 7) is 11.3. The summed E-state index contributed by atoms with van der Waals surface area (Å²) in [5.74, 6) is -0.156. The zero-order chi connectivity index (χ0) is 55.0. The second kappa shape index (κ2) is 20.4. The highest BCUT2D eigenvalue weighted by Gasteiger charge is 2.67. The number of aryl methyl sites for hydroxylation is 1. The van der Waals surface area contributed by atoms with Crippen molar-refractivity contribution in [1.82, 2.24) is 19.4 Å². The van der Waals surface area contributed by atoms with Crippen molar-refractivity contribution < 1.29 is 48.1 Å². The Balaban J connectivity index is 0.673. The van der Waals surface area contributed by atoms with Crippen LogP contribution >= 0.6 is 0 Å². The van der Waals surface area contributed by atoms with E-state index in [0.717, 1.165) is 73.7 Å². The van der Waals surface area contributed by atoms with Gasteiger partial charge in [-0.15, -0.1) is 0 Å². The summed E-state index contributed by atoms with van der Waals surface area (Å²) in [5.41, 5.74) is 6.43. The fourth-order valence-electron chi connectivity index (χ4n) is 15.0. The molecule has 0 radical (unpaired) electrons. The Morgan fingerprint density at radius 2 is 1.65 bits per heavy atom. The first kappa shape index (κ1) is 53.1. The second-order valence-electron chi connectivity index (χ2n) is 23.1. The van der Waals surface area contributed by atoms with Gasteiger partial charge in [0.25, 0.3) is 5.56 Å². The summed E-state index contributed by atoms with van der Waals surface area (Å²) in [4.78, 5) is 103. The number of cyclic esters (lactones) is 1. The van der Waals surface area contributed by atoms with Crippen molar-refractivity contribution in [1.29, 1.82) is 0 Å². The van der Waals surface area contributed by atoms with Gasteiger partial charge >= 0.3 is 18.0 Å². The molecule has 4 aromatic rings. The van der Waals surface area contributed by atoms with E-state index in [1.54, 1.807) is 41.5 Å². The Kier molecular flexibility index (Phi) is 13.9. The fourth-order valence-corrected chi connectivity index (χ4v) is 15.0. The molecule has 2 aromatic heterocycles. The average Bonchev–Trinajstić information content (AvgIpc) is 3.59. The topological polar surface area (TPSA) is 195 Å². The van der Waals surface area contributed by atoms with Crippen molar-refractivity contribution in [3.63, 3.8) is 0 Å². The van der Waals surface area contributed by atoms with Gasteiger partial charge < -0.3 is 38.6 Å². The number of hydrogen-bond acceptors (Lipinski definition) is 13. The van der Waals surface area contributed by atoms with Crippen molar-refractivity contribution in [3.8, 4) is 17.1 Å². The maximum absolute atomic E-state index is 13.8. The first-order valence-corrected chi connectivity index (χ1v) is 28.2. The van der Waals surface area contributed by atoms with Crippen LogP contribution in [0.2, 0.25) is 0 Å². The Labute approximate surface area is 454 Å². The minimum atomic E-state index is -1.92. The number of unbranched alkanes of at least 4 members (excludes halogenated alkanes) is 2. The number of anilines is 1. The number of allylic oxidation sites excluding steroid dienone is 4. The first-order chi connectivity index (χ1) is 37.4. The quantitative estimate of drug-likeness (QED) is 0.0869. The van der Waals surface area contributed by atoms with Crippen molar-refractivity contribution in [2.45, 2.75) is 148 Å². The van der Waals surface area contributed by atoms with Crippen LogP contribution in [-0.4, -0.2) is 105 Å². The van der Waals surface area contributed by atoms with Gasteiger partial charge in [-0.1, -0.05) is 44.9 Å². The number of aliphatic hydroxyl groups is 1. The number of esters is 2. The highest BCUT2D eigenvalue weighted by atomic mass is 16.6. The third kappa shape index (κ3) is 8.76. The molecule has 11 rings (SSSR count). The van der Waals surface area contributed by atoms with E-state index in [1.807, 2.05) is 24.0 Å². The lowest BCUT2D eigenvalue weighted by Gasteiger charge is -2.55. The third-order valence-electron chi connectivity index (χ3n) is 19.1. The molecule has 4 unspecified atom stereocenters. The van der Waals surface area contributed by atoms with Crippen molar-refractivity contribution >= 4 is 52.1 Å². The predicted molar refractivity (Wildman–Crippen MR) is 292 cm³/mol. The third-order valence-corrected chi connectivity index (χ3v) is 19.1. The number of fused-ring (bicyclic) bond motifs is 9. The van der Waals surface area contributed by atoms with E-state index in [1.165, 1.54) is 29.2 Å². The number of amides is 2. The molecule has 2 amide bonds. The molecule has 1 saturated heterocycles. The van der Waals surface area contributed by atoms with E-state index in [0.29, 0.717) is 80.9 Å². The van der Waals surface area contributed by atoms with Crippen molar-refractivity contribution in [3.05, 3.63) is 109 Å². The number of nitrogens with zero attached hydrogens (tertiary/aromatic N) is 5. The molecule has 5 heterocycles. The fraction of sp³-hybridized carbons (Fsp3) is 0.516. The zero-order valence-electron chi connectivity index (χ0n) is 45.8.